The van der Waals surface area contributed by atoms with Gasteiger partial charge in [0.05, 0.1) is 10.6 Å². The van der Waals surface area contributed by atoms with Crippen LogP contribution in [0, 0.1) is 0 Å². The summed E-state index contributed by atoms with van der Waals surface area (Å²) >= 11 is 0. The second-order valence-corrected chi connectivity index (χ2v) is 9.68. The number of benzene rings is 3. The van der Waals surface area contributed by atoms with Gasteiger partial charge in [0.15, 0.2) is 0 Å². The number of sulfonamides is 1. The van der Waals surface area contributed by atoms with Crippen molar-refractivity contribution in [2.24, 2.45) is 0 Å². The Kier molecular flexibility index (Phi) is 6.90. The predicted molar refractivity (Wildman–Crippen MR) is 128 cm³/mol. The minimum Gasteiger partial charge on any atom is -0.347 e. The second kappa shape index (κ2) is 10.0. The maximum absolute atomic E-state index is 14.8. The lowest BCUT2D eigenvalue weighted by molar-refractivity contribution is 0.290. The normalized spacial score (nSPS) is 12.7. The maximum atomic E-state index is 14.8. The fourth-order valence-electron chi connectivity index (χ4n) is 3.92. The van der Waals surface area contributed by atoms with Crippen molar-refractivity contribution < 1.29 is 12.8 Å². The molecule has 1 atom stereocenters. The number of hydrogen-bond acceptors (Lipinski definition) is 2. The molecular weight excluding hydrogens is 423 g/mol. The van der Waals surface area contributed by atoms with Gasteiger partial charge in [-0.3, -0.25) is 4.31 Å². The first-order valence-corrected chi connectivity index (χ1v) is 12.3. The molecule has 1 aromatic heterocycles. The summed E-state index contributed by atoms with van der Waals surface area (Å²) in [6.07, 6.45) is 2.18. The Bertz CT molecular complexity index is 1240. The minimum absolute atomic E-state index is 0.0921. The average Bonchev–Trinajstić information content (AvgIpc) is 3.23. The molecule has 0 aliphatic heterocycles. The third kappa shape index (κ3) is 5.02. The molecule has 6 heteroatoms. The van der Waals surface area contributed by atoms with Gasteiger partial charge in [-0.1, -0.05) is 54.6 Å². The van der Waals surface area contributed by atoms with E-state index in [-0.39, 0.29) is 17.9 Å². The maximum Gasteiger partial charge on any atom is 0.264 e. The van der Waals surface area contributed by atoms with Crippen molar-refractivity contribution in [2.75, 3.05) is 10.8 Å². The van der Waals surface area contributed by atoms with Gasteiger partial charge in [-0.05, 0) is 61.0 Å². The van der Waals surface area contributed by atoms with E-state index in [2.05, 4.69) is 22.8 Å². The summed E-state index contributed by atoms with van der Waals surface area (Å²) in [6, 6.07) is 27.4. The van der Waals surface area contributed by atoms with Crippen LogP contribution in [0.5, 0.6) is 0 Å². The van der Waals surface area contributed by atoms with E-state index in [1.165, 1.54) is 9.69 Å². The Labute approximate surface area is 189 Å². The molecule has 0 saturated heterocycles. The lowest BCUT2D eigenvalue weighted by Crippen LogP contribution is -2.33. The number of anilines is 1. The number of halogens is 1. The summed E-state index contributed by atoms with van der Waals surface area (Å²) < 4.78 is 44.7. The molecule has 0 radical (unpaired) electrons. The second-order valence-electron chi connectivity index (χ2n) is 7.82. The van der Waals surface area contributed by atoms with Gasteiger partial charge in [-0.15, -0.1) is 0 Å². The van der Waals surface area contributed by atoms with Crippen LogP contribution in [-0.2, 0) is 16.6 Å². The smallest absolute Gasteiger partial charge is 0.264 e. The zero-order valence-corrected chi connectivity index (χ0v) is 18.7. The standard InChI is InChI=1S/C26H27FN2O2S/c27-23(11-9-19-28-20-17-22-10-7-8-16-26(22)28)18-21-29(24-12-3-1-4-13-24)32(30,31)25-14-5-2-6-15-25/h1-8,10,12-17,20,23H,9,11,18-19,21H2/t23-/m0/s1. The number of rotatable bonds is 10. The van der Waals surface area contributed by atoms with E-state index < -0.39 is 16.2 Å². The molecule has 4 aromatic rings. The molecule has 0 saturated carbocycles. The highest BCUT2D eigenvalue weighted by molar-refractivity contribution is 7.92. The molecule has 0 spiro atoms. The van der Waals surface area contributed by atoms with Crippen molar-refractivity contribution in [2.45, 2.75) is 36.9 Å². The first kappa shape index (κ1) is 22.1. The molecule has 1 heterocycles. The van der Waals surface area contributed by atoms with E-state index in [1.807, 2.05) is 24.4 Å². The Hall–Kier alpha value is -3.12. The van der Waals surface area contributed by atoms with Crippen molar-refractivity contribution in [3.05, 3.63) is 97.2 Å². The number of alkyl halides is 1. The van der Waals surface area contributed by atoms with Crippen LogP contribution in [0.25, 0.3) is 10.9 Å². The number of aryl methyl sites for hydroxylation is 1. The van der Waals surface area contributed by atoms with Crippen molar-refractivity contribution in [3.8, 4) is 0 Å². The first-order valence-electron chi connectivity index (χ1n) is 10.9. The van der Waals surface area contributed by atoms with Gasteiger partial charge in [-0.2, -0.15) is 0 Å². The van der Waals surface area contributed by atoms with Crippen LogP contribution in [0.1, 0.15) is 19.3 Å². The monoisotopic (exact) mass is 450 g/mol. The lowest BCUT2D eigenvalue weighted by Gasteiger charge is -2.25. The average molecular weight is 451 g/mol. The fourth-order valence-corrected chi connectivity index (χ4v) is 5.42. The van der Waals surface area contributed by atoms with Crippen LogP contribution in [-0.4, -0.2) is 25.7 Å². The van der Waals surface area contributed by atoms with Gasteiger partial charge in [0, 0.05) is 24.8 Å². The summed E-state index contributed by atoms with van der Waals surface area (Å²) in [5.41, 5.74) is 1.69. The van der Waals surface area contributed by atoms with Gasteiger partial charge in [0.1, 0.15) is 6.17 Å². The van der Waals surface area contributed by atoms with Crippen molar-refractivity contribution in [1.29, 1.82) is 0 Å². The molecular formula is C26H27FN2O2S. The Morgan fingerprint density at radius 2 is 1.47 bits per heavy atom. The highest BCUT2D eigenvalue weighted by atomic mass is 32.2. The number of hydrogen-bond donors (Lipinski definition) is 0. The summed E-state index contributed by atoms with van der Waals surface area (Å²) in [7, 11) is -3.77. The summed E-state index contributed by atoms with van der Waals surface area (Å²) in [4.78, 5) is 0.207. The largest absolute Gasteiger partial charge is 0.347 e. The summed E-state index contributed by atoms with van der Waals surface area (Å²) in [6.45, 7) is 0.827. The van der Waals surface area contributed by atoms with E-state index in [0.29, 0.717) is 18.5 Å². The molecule has 166 valence electrons. The first-order chi connectivity index (χ1) is 15.6. The number of nitrogens with zero attached hydrogens (tertiary/aromatic N) is 2. The Morgan fingerprint density at radius 3 is 2.22 bits per heavy atom. The third-order valence-electron chi connectivity index (χ3n) is 5.62. The van der Waals surface area contributed by atoms with E-state index in [1.54, 1.807) is 54.6 Å². The third-order valence-corrected chi connectivity index (χ3v) is 7.46. The van der Waals surface area contributed by atoms with Gasteiger partial charge < -0.3 is 4.57 Å². The molecule has 4 rings (SSSR count). The summed E-state index contributed by atoms with van der Waals surface area (Å²) in [5.74, 6) is 0. The molecule has 0 aliphatic rings. The van der Waals surface area contributed by atoms with Crippen LogP contribution in [0.3, 0.4) is 0 Å². The number of fused-ring (bicyclic) bond motifs is 1. The molecule has 0 bridgehead atoms. The van der Waals surface area contributed by atoms with Crippen LogP contribution in [0.2, 0.25) is 0 Å². The van der Waals surface area contributed by atoms with Crippen LogP contribution < -0.4 is 4.31 Å². The highest BCUT2D eigenvalue weighted by Crippen LogP contribution is 2.25. The minimum atomic E-state index is -3.77. The number of para-hydroxylation sites is 2. The van der Waals surface area contributed by atoms with Gasteiger partial charge >= 0.3 is 0 Å². The van der Waals surface area contributed by atoms with E-state index in [0.717, 1.165) is 12.1 Å². The molecule has 32 heavy (non-hydrogen) atoms. The van der Waals surface area contributed by atoms with Gasteiger partial charge in [-0.25, -0.2) is 12.8 Å². The zero-order valence-electron chi connectivity index (χ0n) is 17.8. The SMILES string of the molecule is O=S(=O)(c1ccccc1)N(CC[C@@H](F)CCCn1ccc2ccccc21)c1ccccc1. The van der Waals surface area contributed by atoms with Gasteiger partial charge in [0.25, 0.3) is 10.0 Å². The van der Waals surface area contributed by atoms with E-state index in [9.17, 15) is 12.8 Å². The quantitative estimate of drug-likeness (QED) is 0.295. The summed E-state index contributed by atoms with van der Waals surface area (Å²) in [5, 5.41) is 1.17. The van der Waals surface area contributed by atoms with Crippen LogP contribution in [0.15, 0.2) is 102 Å². The fraction of sp³-hybridized carbons (Fsp3) is 0.231. The molecule has 0 fully saturated rings. The van der Waals surface area contributed by atoms with E-state index >= 15 is 0 Å². The van der Waals surface area contributed by atoms with Crippen molar-refractivity contribution in [1.82, 2.24) is 4.57 Å². The lowest BCUT2D eigenvalue weighted by atomic mass is 10.1. The highest BCUT2D eigenvalue weighted by Gasteiger charge is 2.25. The zero-order chi connectivity index (χ0) is 22.4. The Morgan fingerprint density at radius 1 is 0.812 bits per heavy atom. The molecule has 0 amide bonds. The van der Waals surface area contributed by atoms with Crippen LogP contribution >= 0.6 is 0 Å². The van der Waals surface area contributed by atoms with Gasteiger partial charge in [0.2, 0.25) is 0 Å². The molecule has 4 nitrogen and oxygen atoms in total. The molecule has 0 unspecified atom stereocenters. The van der Waals surface area contributed by atoms with Crippen LogP contribution in [0.4, 0.5) is 10.1 Å². The Balaban J connectivity index is 1.39. The van der Waals surface area contributed by atoms with Crippen molar-refractivity contribution >= 4 is 26.6 Å². The van der Waals surface area contributed by atoms with E-state index in [4.69, 9.17) is 0 Å². The molecule has 3 aromatic carbocycles. The topological polar surface area (TPSA) is 42.3 Å². The predicted octanol–water partition coefficient (Wildman–Crippen LogP) is 6.05. The molecule has 0 aliphatic carbocycles. The molecule has 0 N–H and O–H groups in total. The number of aromatic nitrogens is 1. The van der Waals surface area contributed by atoms with Crippen molar-refractivity contribution in [3.63, 3.8) is 0 Å².